The third-order valence-corrected chi connectivity index (χ3v) is 1.97. The minimum absolute atomic E-state index is 0.156. The molecule has 1 atom stereocenters. The van der Waals surface area contributed by atoms with E-state index in [0.717, 1.165) is 5.56 Å². The van der Waals surface area contributed by atoms with Gasteiger partial charge in [-0.3, -0.25) is 0 Å². The summed E-state index contributed by atoms with van der Waals surface area (Å²) in [7, 11) is 0. The molecule has 4 N–H and O–H groups in total. The summed E-state index contributed by atoms with van der Waals surface area (Å²) in [5, 5.41) is 27.0. The van der Waals surface area contributed by atoms with Crippen molar-refractivity contribution in [1.29, 1.82) is 0 Å². The number of rotatable bonds is 3. The van der Waals surface area contributed by atoms with Gasteiger partial charge in [0.05, 0.1) is 6.04 Å². The lowest BCUT2D eigenvalue weighted by Crippen LogP contribution is -2.15. The lowest BCUT2D eigenvalue weighted by molar-refractivity contribution is 0.124. The van der Waals surface area contributed by atoms with Crippen LogP contribution >= 0.6 is 0 Å². The Morgan fingerprint density at radius 1 is 1.31 bits per heavy atom. The summed E-state index contributed by atoms with van der Waals surface area (Å²) in [4.78, 5) is 0. The smallest absolute Gasteiger partial charge is 0.157 e. The van der Waals surface area contributed by atoms with Crippen molar-refractivity contribution in [1.82, 2.24) is 5.48 Å². The second-order valence-electron chi connectivity index (χ2n) is 2.84. The van der Waals surface area contributed by atoms with Crippen molar-refractivity contribution >= 4 is 0 Å². The van der Waals surface area contributed by atoms with Gasteiger partial charge in [-0.1, -0.05) is 13.0 Å². The second kappa shape index (κ2) is 4.11. The predicted octanol–water partition coefficient (Wildman–Crippen LogP) is 1.53. The summed E-state index contributed by atoms with van der Waals surface area (Å²) in [5.74, 6) is -0.331. The maximum absolute atomic E-state index is 9.18. The van der Waals surface area contributed by atoms with E-state index in [1.54, 1.807) is 6.07 Å². The van der Waals surface area contributed by atoms with Crippen molar-refractivity contribution in [2.75, 3.05) is 0 Å². The Hall–Kier alpha value is -1.26. The molecular formula is C9H13NO3. The zero-order chi connectivity index (χ0) is 9.84. The van der Waals surface area contributed by atoms with Crippen LogP contribution in [0.4, 0.5) is 0 Å². The zero-order valence-electron chi connectivity index (χ0n) is 7.36. The Labute approximate surface area is 76.4 Å². The standard InChI is InChI=1S/C9H13NO3/c1-2-7(10-13)6-3-4-8(11)9(12)5-6/h3-5,7,10-13H,2H2,1H3. The van der Waals surface area contributed by atoms with Gasteiger partial charge in [-0.15, -0.1) is 0 Å². The molecule has 1 unspecified atom stereocenters. The predicted molar refractivity (Wildman–Crippen MR) is 47.7 cm³/mol. The maximum Gasteiger partial charge on any atom is 0.157 e. The first-order valence-electron chi connectivity index (χ1n) is 4.10. The average molecular weight is 183 g/mol. The van der Waals surface area contributed by atoms with Crippen molar-refractivity contribution in [2.45, 2.75) is 19.4 Å². The van der Waals surface area contributed by atoms with Crippen molar-refractivity contribution < 1.29 is 15.4 Å². The number of benzene rings is 1. The van der Waals surface area contributed by atoms with Crippen LogP contribution in [0.25, 0.3) is 0 Å². The fourth-order valence-electron chi connectivity index (χ4n) is 1.16. The number of phenolic OH excluding ortho intramolecular Hbond substituents is 2. The third-order valence-electron chi connectivity index (χ3n) is 1.97. The SMILES string of the molecule is CCC(NO)c1ccc(O)c(O)c1. The van der Waals surface area contributed by atoms with Crippen LogP contribution < -0.4 is 5.48 Å². The molecule has 0 amide bonds. The Morgan fingerprint density at radius 3 is 2.46 bits per heavy atom. The number of hydrogen-bond donors (Lipinski definition) is 4. The molecule has 4 nitrogen and oxygen atoms in total. The second-order valence-corrected chi connectivity index (χ2v) is 2.84. The van der Waals surface area contributed by atoms with Gasteiger partial charge in [0.2, 0.25) is 0 Å². The molecule has 0 radical (unpaired) electrons. The first-order valence-corrected chi connectivity index (χ1v) is 4.10. The third kappa shape index (κ3) is 2.11. The molecule has 1 rings (SSSR count). The van der Waals surface area contributed by atoms with Gasteiger partial charge < -0.3 is 15.4 Å². The van der Waals surface area contributed by atoms with Gasteiger partial charge in [-0.2, -0.15) is 5.48 Å². The molecule has 0 bridgehead atoms. The lowest BCUT2D eigenvalue weighted by Gasteiger charge is -2.13. The molecule has 13 heavy (non-hydrogen) atoms. The van der Waals surface area contributed by atoms with Crippen molar-refractivity contribution in [3.8, 4) is 11.5 Å². The van der Waals surface area contributed by atoms with E-state index in [0.29, 0.717) is 6.42 Å². The first-order chi connectivity index (χ1) is 6.19. The largest absolute Gasteiger partial charge is 0.504 e. The van der Waals surface area contributed by atoms with E-state index >= 15 is 0 Å². The van der Waals surface area contributed by atoms with Gasteiger partial charge in [-0.25, -0.2) is 0 Å². The van der Waals surface area contributed by atoms with Crippen LogP contribution in [-0.2, 0) is 0 Å². The summed E-state index contributed by atoms with van der Waals surface area (Å²) in [6, 6.07) is 4.25. The Bertz CT molecular complexity index is 284. The summed E-state index contributed by atoms with van der Waals surface area (Å²) in [5.41, 5.74) is 2.86. The van der Waals surface area contributed by atoms with Gasteiger partial charge >= 0.3 is 0 Å². The van der Waals surface area contributed by atoms with E-state index in [2.05, 4.69) is 5.48 Å². The van der Waals surface area contributed by atoms with Crippen molar-refractivity contribution in [3.63, 3.8) is 0 Å². The molecule has 0 saturated carbocycles. The van der Waals surface area contributed by atoms with Gasteiger partial charge in [0.15, 0.2) is 11.5 Å². The molecule has 0 spiro atoms. The van der Waals surface area contributed by atoms with Crippen LogP contribution in [0.2, 0.25) is 0 Å². The highest BCUT2D eigenvalue weighted by atomic mass is 16.5. The van der Waals surface area contributed by atoms with E-state index in [-0.39, 0.29) is 17.5 Å². The lowest BCUT2D eigenvalue weighted by atomic mass is 10.1. The van der Waals surface area contributed by atoms with E-state index < -0.39 is 0 Å². The summed E-state index contributed by atoms with van der Waals surface area (Å²) in [6.45, 7) is 1.90. The first kappa shape index (κ1) is 9.83. The van der Waals surface area contributed by atoms with Gasteiger partial charge in [-0.05, 0) is 24.1 Å². The molecule has 1 aromatic carbocycles. The average Bonchev–Trinajstić information content (AvgIpc) is 2.13. The van der Waals surface area contributed by atoms with E-state index in [1.165, 1.54) is 12.1 Å². The van der Waals surface area contributed by atoms with E-state index in [4.69, 9.17) is 10.3 Å². The van der Waals surface area contributed by atoms with Crippen molar-refractivity contribution in [3.05, 3.63) is 23.8 Å². The molecule has 0 aliphatic carbocycles. The minimum Gasteiger partial charge on any atom is -0.504 e. The van der Waals surface area contributed by atoms with E-state index in [1.807, 2.05) is 6.92 Å². The summed E-state index contributed by atoms with van der Waals surface area (Å²) < 4.78 is 0. The zero-order valence-corrected chi connectivity index (χ0v) is 7.36. The molecule has 0 fully saturated rings. The van der Waals surface area contributed by atoms with Crippen LogP contribution in [0.1, 0.15) is 24.9 Å². The highest BCUT2D eigenvalue weighted by Gasteiger charge is 2.09. The molecule has 0 aliphatic rings. The van der Waals surface area contributed by atoms with Crippen LogP contribution in [0.3, 0.4) is 0 Å². The molecule has 0 aliphatic heterocycles. The Kier molecular flexibility index (Phi) is 3.11. The molecule has 0 saturated heterocycles. The van der Waals surface area contributed by atoms with Crippen LogP contribution in [0.5, 0.6) is 11.5 Å². The topological polar surface area (TPSA) is 72.7 Å². The highest BCUT2D eigenvalue weighted by molar-refractivity contribution is 5.41. The maximum atomic E-state index is 9.18. The molecule has 72 valence electrons. The van der Waals surface area contributed by atoms with Crippen LogP contribution in [0, 0.1) is 0 Å². The molecule has 1 aromatic rings. The quantitative estimate of drug-likeness (QED) is 0.423. The summed E-state index contributed by atoms with van der Waals surface area (Å²) in [6.07, 6.45) is 0.695. The number of hydroxylamine groups is 1. The van der Waals surface area contributed by atoms with Gasteiger partial charge in [0.1, 0.15) is 0 Å². The van der Waals surface area contributed by atoms with Crippen LogP contribution in [-0.4, -0.2) is 15.4 Å². The van der Waals surface area contributed by atoms with Gasteiger partial charge in [0, 0.05) is 0 Å². The Balaban J connectivity index is 2.95. The Morgan fingerprint density at radius 2 is 2.00 bits per heavy atom. The van der Waals surface area contributed by atoms with Crippen LogP contribution in [0.15, 0.2) is 18.2 Å². The molecular weight excluding hydrogens is 170 g/mol. The van der Waals surface area contributed by atoms with Crippen molar-refractivity contribution in [2.24, 2.45) is 0 Å². The van der Waals surface area contributed by atoms with E-state index in [9.17, 15) is 5.11 Å². The fraction of sp³-hybridized carbons (Fsp3) is 0.333. The number of nitrogens with one attached hydrogen (secondary N) is 1. The van der Waals surface area contributed by atoms with Gasteiger partial charge in [0.25, 0.3) is 0 Å². The fourth-order valence-corrected chi connectivity index (χ4v) is 1.16. The highest BCUT2D eigenvalue weighted by Crippen LogP contribution is 2.28. The molecule has 0 heterocycles. The normalized spacial score (nSPS) is 12.8. The minimum atomic E-state index is -0.216. The summed E-state index contributed by atoms with van der Waals surface area (Å²) >= 11 is 0. The number of phenols is 2. The number of hydrogen-bond acceptors (Lipinski definition) is 4. The molecule has 4 heteroatoms. The molecule has 0 aromatic heterocycles. The monoisotopic (exact) mass is 183 g/mol. The number of aromatic hydroxyl groups is 2.